The van der Waals surface area contributed by atoms with Crippen molar-refractivity contribution in [1.29, 1.82) is 0 Å². The molecule has 1 amide bonds. The number of nitrogen functional groups attached to an aromatic ring is 1. The minimum absolute atomic E-state index is 0.384. The molecule has 7 nitrogen and oxygen atoms in total. The zero-order valence-corrected chi connectivity index (χ0v) is 14.4. The van der Waals surface area contributed by atoms with E-state index in [2.05, 4.69) is 4.98 Å². The van der Waals surface area contributed by atoms with Crippen molar-refractivity contribution >= 4 is 28.8 Å². The van der Waals surface area contributed by atoms with Crippen molar-refractivity contribution in [3.05, 3.63) is 18.2 Å². The number of carbonyl (C=O) groups is 1. The normalized spacial score (nSPS) is 11.7. The molecule has 2 aromatic rings. The maximum Gasteiger partial charge on any atom is 0.407 e. The second-order valence-corrected chi connectivity index (χ2v) is 6.81. The van der Waals surface area contributed by atoms with Gasteiger partial charge < -0.3 is 25.2 Å². The fraction of sp³-hybridized carbons (Fsp3) is 0.500. The molecule has 23 heavy (non-hydrogen) atoms. The highest BCUT2D eigenvalue weighted by atomic mass is 16.4. The van der Waals surface area contributed by atoms with Gasteiger partial charge in [-0.2, -0.15) is 0 Å². The van der Waals surface area contributed by atoms with Crippen LogP contribution in [0.1, 0.15) is 20.8 Å². The monoisotopic (exact) mass is 319 g/mol. The Balaban J connectivity index is 2.38. The Morgan fingerprint density at radius 2 is 2.00 bits per heavy atom. The maximum absolute atomic E-state index is 11.5. The molecule has 1 aromatic carbocycles. The number of rotatable bonds is 4. The van der Waals surface area contributed by atoms with Gasteiger partial charge in [0.2, 0.25) is 5.95 Å². The summed E-state index contributed by atoms with van der Waals surface area (Å²) >= 11 is 0. The van der Waals surface area contributed by atoms with E-state index in [9.17, 15) is 9.90 Å². The lowest BCUT2D eigenvalue weighted by molar-refractivity contribution is 0.0981. The van der Waals surface area contributed by atoms with Crippen LogP contribution in [0.2, 0.25) is 0 Å². The van der Waals surface area contributed by atoms with E-state index >= 15 is 0 Å². The lowest BCUT2D eigenvalue weighted by Crippen LogP contribution is -2.46. The first-order valence-corrected chi connectivity index (χ1v) is 7.55. The van der Waals surface area contributed by atoms with Gasteiger partial charge in [0.05, 0.1) is 11.0 Å². The number of nitrogens with two attached hydrogens (primary N) is 1. The van der Waals surface area contributed by atoms with E-state index < -0.39 is 11.6 Å². The van der Waals surface area contributed by atoms with Crippen LogP contribution in [0, 0.1) is 0 Å². The van der Waals surface area contributed by atoms with E-state index in [4.69, 9.17) is 5.73 Å². The second-order valence-electron chi connectivity index (χ2n) is 6.81. The third kappa shape index (κ3) is 3.49. The van der Waals surface area contributed by atoms with Gasteiger partial charge in [-0.15, -0.1) is 0 Å². The first-order chi connectivity index (χ1) is 10.6. The van der Waals surface area contributed by atoms with E-state index in [-0.39, 0.29) is 0 Å². The summed E-state index contributed by atoms with van der Waals surface area (Å²) in [5.74, 6) is 0.782. The van der Waals surface area contributed by atoms with Gasteiger partial charge in [-0.3, -0.25) is 0 Å². The molecule has 0 unspecified atom stereocenters. The molecule has 0 aliphatic rings. The standard InChI is InChI=1S/C16H25N5O2/c1-16(2,3)21(15(22)23)9-8-20-13-7-6-11(17)10-12(13)18-14(20)19(4)5/h6-7,10H,8-9,17H2,1-5H3,(H,22,23). The van der Waals surface area contributed by atoms with Gasteiger partial charge >= 0.3 is 6.09 Å². The van der Waals surface area contributed by atoms with E-state index in [0.717, 1.165) is 17.0 Å². The Morgan fingerprint density at radius 3 is 2.52 bits per heavy atom. The molecule has 3 N–H and O–H groups in total. The SMILES string of the molecule is CN(C)c1nc2cc(N)ccc2n1CCN(C(=O)O)C(C)(C)C. The molecule has 0 aliphatic carbocycles. The summed E-state index contributed by atoms with van der Waals surface area (Å²) in [6, 6.07) is 5.59. The van der Waals surface area contributed by atoms with Crippen LogP contribution in [0.4, 0.5) is 16.4 Å². The van der Waals surface area contributed by atoms with E-state index in [1.807, 2.05) is 62.5 Å². The molecule has 2 rings (SSSR count). The number of hydrogen-bond donors (Lipinski definition) is 2. The third-order valence-electron chi connectivity index (χ3n) is 3.74. The minimum atomic E-state index is -0.919. The van der Waals surface area contributed by atoms with Gasteiger partial charge in [-0.1, -0.05) is 0 Å². The second kappa shape index (κ2) is 5.98. The Labute approximate surface area is 136 Å². The molecular weight excluding hydrogens is 294 g/mol. The zero-order valence-electron chi connectivity index (χ0n) is 14.4. The Kier molecular flexibility index (Phi) is 4.40. The molecule has 1 aromatic heterocycles. The van der Waals surface area contributed by atoms with Crippen molar-refractivity contribution in [2.24, 2.45) is 0 Å². The number of fused-ring (bicyclic) bond motifs is 1. The number of nitrogens with zero attached hydrogens (tertiary/aromatic N) is 4. The van der Waals surface area contributed by atoms with Gasteiger partial charge in [0, 0.05) is 38.4 Å². The van der Waals surface area contributed by atoms with Gasteiger partial charge in [0.1, 0.15) is 0 Å². The van der Waals surface area contributed by atoms with Crippen LogP contribution >= 0.6 is 0 Å². The molecule has 126 valence electrons. The first kappa shape index (κ1) is 16.9. The van der Waals surface area contributed by atoms with E-state index in [1.165, 1.54) is 4.90 Å². The number of carboxylic acid groups (broad SMARTS) is 1. The highest BCUT2D eigenvalue weighted by molar-refractivity contribution is 5.82. The van der Waals surface area contributed by atoms with Crippen LogP contribution in [0.3, 0.4) is 0 Å². The topological polar surface area (TPSA) is 87.6 Å². The van der Waals surface area contributed by atoms with Gasteiger partial charge in [-0.05, 0) is 39.0 Å². The predicted octanol–water partition coefficient (Wildman–Crippen LogP) is 2.46. The number of amides is 1. The van der Waals surface area contributed by atoms with Gasteiger partial charge in [0.15, 0.2) is 0 Å². The molecular formula is C16H25N5O2. The van der Waals surface area contributed by atoms with E-state index in [1.54, 1.807) is 0 Å². The Bertz CT molecular complexity index is 715. The van der Waals surface area contributed by atoms with Crippen molar-refractivity contribution in [3.63, 3.8) is 0 Å². The Hall–Kier alpha value is -2.44. The fourth-order valence-electron chi connectivity index (χ4n) is 2.61. The number of anilines is 2. The molecule has 0 bridgehead atoms. The average molecular weight is 319 g/mol. The van der Waals surface area contributed by atoms with Crippen molar-refractivity contribution in [3.8, 4) is 0 Å². The molecule has 0 fully saturated rings. The van der Waals surface area contributed by atoms with Crippen LogP contribution in [0.15, 0.2) is 18.2 Å². The highest BCUT2D eigenvalue weighted by Crippen LogP contribution is 2.24. The number of hydrogen-bond acceptors (Lipinski definition) is 4. The summed E-state index contributed by atoms with van der Waals surface area (Å²) in [4.78, 5) is 19.5. The van der Waals surface area contributed by atoms with Crippen LogP contribution in [0.5, 0.6) is 0 Å². The van der Waals surface area contributed by atoms with Crippen LogP contribution < -0.4 is 10.6 Å². The smallest absolute Gasteiger partial charge is 0.407 e. The Morgan fingerprint density at radius 1 is 1.35 bits per heavy atom. The maximum atomic E-state index is 11.5. The zero-order chi connectivity index (χ0) is 17.4. The van der Waals surface area contributed by atoms with E-state index in [0.29, 0.717) is 18.8 Å². The third-order valence-corrected chi connectivity index (χ3v) is 3.74. The number of imidazole rings is 1. The average Bonchev–Trinajstić information content (AvgIpc) is 2.75. The molecule has 7 heteroatoms. The van der Waals surface area contributed by atoms with Crippen molar-refractivity contribution in [2.75, 3.05) is 31.3 Å². The minimum Gasteiger partial charge on any atom is -0.465 e. The first-order valence-electron chi connectivity index (χ1n) is 7.55. The highest BCUT2D eigenvalue weighted by Gasteiger charge is 2.26. The summed E-state index contributed by atoms with van der Waals surface area (Å²) in [7, 11) is 3.83. The molecule has 0 aliphatic heterocycles. The van der Waals surface area contributed by atoms with Crippen molar-refractivity contribution in [1.82, 2.24) is 14.5 Å². The molecule has 0 radical (unpaired) electrons. The summed E-state index contributed by atoms with van der Waals surface area (Å²) in [6.45, 7) is 6.58. The quantitative estimate of drug-likeness (QED) is 0.845. The summed E-state index contributed by atoms with van der Waals surface area (Å²) in [5, 5.41) is 9.44. The predicted molar refractivity (Wildman–Crippen MR) is 93.0 cm³/mol. The molecule has 0 saturated carbocycles. The molecule has 0 atom stereocenters. The molecule has 1 heterocycles. The van der Waals surface area contributed by atoms with Crippen LogP contribution in [0.25, 0.3) is 11.0 Å². The molecule has 0 saturated heterocycles. The molecule has 0 spiro atoms. The lowest BCUT2D eigenvalue weighted by Gasteiger charge is -2.33. The summed E-state index contributed by atoms with van der Waals surface area (Å²) < 4.78 is 2.02. The lowest BCUT2D eigenvalue weighted by atomic mass is 10.1. The number of aromatic nitrogens is 2. The van der Waals surface area contributed by atoms with Gasteiger partial charge in [-0.25, -0.2) is 9.78 Å². The van der Waals surface area contributed by atoms with Crippen molar-refractivity contribution < 1.29 is 9.90 Å². The summed E-state index contributed by atoms with van der Waals surface area (Å²) in [5.41, 5.74) is 7.80. The largest absolute Gasteiger partial charge is 0.465 e. The van der Waals surface area contributed by atoms with Crippen LogP contribution in [-0.4, -0.2) is 51.8 Å². The van der Waals surface area contributed by atoms with Gasteiger partial charge in [0.25, 0.3) is 0 Å². The van der Waals surface area contributed by atoms with Crippen molar-refractivity contribution in [2.45, 2.75) is 32.9 Å². The fourth-order valence-corrected chi connectivity index (χ4v) is 2.61. The van der Waals surface area contributed by atoms with Crippen LogP contribution in [-0.2, 0) is 6.54 Å². The summed E-state index contributed by atoms with van der Waals surface area (Å²) in [6.07, 6.45) is -0.919. The number of benzene rings is 1.